The summed E-state index contributed by atoms with van der Waals surface area (Å²) >= 11 is 5.19. The highest BCUT2D eigenvalue weighted by Crippen LogP contribution is 2.29. The first-order valence-electron chi connectivity index (χ1n) is 6.02. The molecule has 0 saturated carbocycles. The van der Waals surface area contributed by atoms with Crippen LogP contribution in [0, 0.1) is 5.92 Å². The van der Waals surface area contributed by atoms with Gasteiger partial charge in [0, 0.05) is 15.4 Å². The van der Waals surface area contributed by atoms with Crippen LogP contribution in [0.5, 0.6) is 0 Å². The first-order valence-corrected chi connectivity index (χ1v) is 7.69. The molecule has 5 heteroatoms. The van der Waals surface area contributed by atoms with Crippen LogP contribution in [0.4, 0.5) is 0 Å². The Kier molecular flexibility index (Phi) is 6.32. The quantitative estimate of drug-likeness (QED) is 0.805. The smallest absolute Gasteiger partial charge is 0.322 e. The molecule has 0 aliphatic heterocycles. The first kappa shape index (κ1) is 15.7. The summed E-state index contributed by atoms with van der Waals surface area (Å²) < 4.78 is 5.94. The SMILES string of the molecule is COC(=O)C(CC(C)C)NC(C)c1sccc1Br. The summed E-state index contributed by atoms with van der Waals surface area (Å²) in [4.78, 5) is 12.9. The average Bonchev–Trinajstić information content (AvgIpc) is 2.73. The number of esters is 1. The zero-order chi connectivity index (χ0) is 13.7. The van der Waals surface area contributed by atoms with Crippen molar-refractivity contribution in [1.82, 2.24) is 5.32 Å². The van der Waals surface area contributed by atoms with Crippen LogP contribution in [0.1, 0.15) is 38.1 Å². The van der Waals surface area contributed by atoms with Crippen LogP contribution in [-0.2, 0) is 9.53 Å². The number of carbonyl (C=O) groups excluding carboxylic acids is 1. The van der Waals surface area contributed by atoms with Crippen molar-refractivity contribution in [2.45, 2.75) is 39.3 Å². The van der Waals surface area contributed by atoms with Crippen LogP contribution >= 0.6 is 27.3 Å². The number of hydrogen-bond donors (Lipinski definition) is 1. The van der Waals surface area contributed by atoms with Crippen LogP contribution in [0.3, 0.4) is 0 Å². The molecule has 0 aliphatic rings. The fourth-order valence-corrected chi connectivity index (χ4v) is 3.57. The highest BCUT2D eigenvalue weighted by Gasteiger charge is 2.23. The number of carbonyl (C=O) groups is 1. The lowest BCUT2D eigenvalue weighted by Gasteiger charge is -2.22. The first-order chi connectivity index (χ1) is 8.45. The Hall–Kier alpha value is -0.390. The molecule has 0 aromatic carbocycles. The Morgan fingerprint density at radius 3 is 2.61 bits per heavy atom. The summed E-state index contributed by atoms with van der Waals surface area (Å²) in [5.41, 5.74) is 0. The minimum atomic E-state index is -0.251. The maximum atomic E-state index is 11.7. The topological polar surface area (TPSA) is 38.3 Å². The van der Waals surface area contributed by atoms with E-state index in [9.17, 15) is 4.79 Å². The van der Waals surface area contributed by atoms with E-state index in [0.29, 0.717) is 5.92 Å². The predicted octanol–water partition coefficient (Wildman–Crippen LogP) is 3.75. The van der Waals surface area contributed by atoms with Crippen molar-refractivity contribution in [2.24, 2.45) is 5.92 Å². The molecular formula is C13H20BrNO2S. The van der Waals surface area contributed by atoms with Gasteiger partial charge in [-0.2, -0.15) is 0 Å². The molecule has 0 saturated heterocycles. The second-order valence-electron chi connectivity index (χ2n) is 4.73. The van der Waals surface area contributed by atoms with Gasteiger partial charge in [0.05, 0.1) is 7.11 Å². The zero-order valence-corrected chi connectivity index (χ0v) is 13.6. The molecule has 1 heterocycles. The van der Waals surface area contributed by atoms with E-state index in [1.807, 2.05) is 11.4 Å². The summed E-state index contributed by atoms with van der Waals surface area (Å²) in [7, 11) is 1.43. The van der Waals surface area contributed by atoms with Crippen LogP contribution in [0.15, 0.2) is 15.9 Å². The lowest BCUT2D eigenvalue weighted by atomic mass is 10.0. The molecule has 0 radical (unpaired) electrons. The van der Waals surface area contributed by atoms with Gasteiger partial charge in [-0.1, -0.05) is 13.8 Å². The molecule has 102 valence electrons. The van der Waals surface area contributed by atoms with E-state index in [1.165, 1.54) is 12.0 Å². The third-order valence-corrected chi connectivity index (χ3v) is 4.74. The maximum Gasteiger partial charge on any atom is 0.322 e. The van der Waals surface area contributed by atoms with Crippen molar-refractivity contribution in [3.05, 3.63) is 20.8 Å². The van der Waals surface area contributed by atoms with Crippen molar-refractivity contribution in [2.75, 3.05) is 7.11 Å². The van der Waals surface area contributed by atoms with Crippen molar-refractivity contribution in [1.29, 1.82) is 0 Å². The van der Waals surface area contributed by atoms with E-state index >= 15 is 0 Å². The summed E-state index contributed by atoms with van der Waals surface area (Å²) in [6, 6.07) is 1.90. The van der Waals surface area contributed by atoms with Gasteiger partial charge in [0.1, 0.15) is 6.04 Å². The normalized spacial score (nSPS) is 14.6. The fourth-order valence-electron chi connectivity index (χ4n) is 1.84. The molecule has 18 heavy (non-hydrogen) atoms. The molecular weight excluding hydrogens is 314 g/mol. The molecule has 0 aliphatic carbocycles. The molecule has 0 spiro atoms. The lowest BCUT2D eigenvalue weighted by Crippen LogP contribution is -2.40. The summed E-state index contributed by atoms with van der Waals surface area (Å²) in [6.07, 6.45) is 0.778. The van der Waals surface area contributed by atoms with Gasteiger partial charge in [-0.3, -0.25) is 10.1 Å². The van der Waals surface area contributed by atoms with Gasteiger partial charge in [-0.15, -0.1) is 11.3 Å². The number of ether oxygens (including phenoxy) is 1. The largest absolute Gasteiger partial charge is 0.468 e. The molecule has 1 aromatic heterocycles. The van der Waals surface area contributed by atoms with Crippen LogP contribution in [0.2, 0.25) is 0 Å². The van der Waals surface area contributed by atoms with Crippen molar-refractivity contribution >= 4 is 33.2 Å². The third-order valence-electron chi connectivity index (χ3n) is 2.68. The van der Waals surface area contributed by atoms with Crippen molar-refractivity contribution in [3.8, 4) is 0 Å². The maximum absolute atomic E-state index is 11.7. The monoisotopic (exact) mass is 333 g/mol. The van der Waals surface area contributed by atoms with Crippen LogP contribution < -0.4 is 5.32 Å². The fraction of sp³-hybridized carbons (Fsp3) is 0.615. The zero-order valence-electron chi connectivity index (χ0n) is 11.2. The molecule has 2 atom stereocenters. The van der Waals surface area contributed by atoms with Gasteiger partial charge in [0.25, 0.3) is 0 Å². The lowest BCUT2D eigenvalue weighted by molar-refractivity contribution is -0.143. The molecule has 1 aromatic rings. The van der Waals surface area contributed by atoms with Gasteiger partial charge in [0.2, 0.25) is 0 Å². The summed E-state index contributed by atoms with van der Waals surface area (Å²) in [5, 5.41) is 5.38. The summed E-state index contributed by atoms with van der Waals surface area (Å²) in [5.74, 6) is 0.254. The third kappa shape index (κ3) is 4.37. The Labute approximate surface area is 121 Å². The second kappa shape index (κ2) is 7.26. The number of methoxy groups -OCH3 is 1. The van der Waals surface area contributed by atoms with Gasteiger partial charge in [-0.05, 0) is 46.6 Å². The number of halogens is 1. The Balaban J connectivity index is 2.71. The van der Waals surface area contributed by atoms with Gasteiger partial charge in [-0.25, -0.2) is 0 Å². The Bertz CT molecular complexity index is 392. The number of rotatable bonds is 6. The molecule has 0 bridgehead atoms. The highest BCUT2D eigenvalue weighted by molar-refractivity contribution is 9.10. The van der Waals surface area contributed by atoms with E-state index in [-0.39, 0.29) is 18.1 Å². The number of nitrogens with one attached hydrogen (secondary N) is 1. The molecule has 2 unspecified atom stereocenters. The second-order valence-corrected chi connectivity index (χ2v) is 6.53. The van der Waals surface area contributed by atoms with E-state index in [2.05, 4.69) is 42.0 Å². The predicted molar refractivity (Wildman–Crippen MR) is 78.8 cm³/mol. The van der Waals surface area contributed by atoms with Crippen LogP contribution in [0.25, 0.3) is 0 Å². The molecule has 1 N–H and O–H groups in total. The van der Waals surface area contributed by atoms with Crippen molar-refractivity contribution < 1.29 is 9.53 Å². The molecule has 0 amide bonds. The average molecular weight is 334 g/mol. The number of thiophene rings is 1. The standard InChI is InChI=1S/C13H20BrNO2S/c1-8(2)7-11(13(16)17-4)15-9(3)12-10(14)5-6-18-12/h5-6,8-9,11,15H,7H2,1-4H3. The van der Waals surface area contributed by atoms with Gasteiger partial charge in [0.15, 0.2) is 0 Å². The van der Waals surface area contributed by atoms with Gasteiger partial charge >= 0.3 is 5.97 Å². The van der Waals surface area contributed by atoms with E-state index < -0.39 is 0 Å². The Morgan fingerprint density at radius 1 is 1.50 bits per heavy atom. The molecule has 3 nitrogen and oxygen atoms in total. The van der Waals surface area contributed by atoms with Crippen molar-refractivity contribution in [3.63, 3.8) is 0 Å². The summed E-state index contributed by atoms with van der Waals surface area (Å²) in [6.45, 7) is 6.26. The Morgan fingerprint density at radius 2 is 2.17 bits per heavy atom. The molecule has 1 rings (SSSR count). The minimum absolute atomic E-state index is 0.127. The highest BCUT2D eigenvalue weighted by atomic mass is 79.9. The number of hydrogen-bond acceptors (Lipinski definition) is 4. The van der Waals surface area contributed by atoms with Crippen LogP contribution in [-0.4, -0.2) is 19.1 Å². The van der Waals surface area contributed by atoms with E-state index in [0.717, 1.165) is 10.9 Å². The molecule has 0 fully saturated rings. The van der Waals surface area contributed by atoms with E-state index in [1.54, 1.807) is 11.3 Å². The van der Waals surface area contributed by atoms with Gasteiger partial charge < -0.3 is 4.74 Å². The minimum Gasteiger partial charge on any atom is -0.468 e. The van der Waals surface area contributed by atoms with E-state index in [4.69, 9.17) is 4.74 Å².